The molecular formula is C14H13NO5. The number of carboxylic acid groups (broad SMARTS) is 1. The number of hydrogen-bond acceptors (Lipinski definition) is 4. The third-order valence-electron chi connectivity index (χ3n) is 2.32. The Morgan fingerprint density at radius 2 is 2.00 bits per heavy atom. The van der Waals surface area contributed by atoms with E-state index in [-0.39, 0.29) is 22.4 Å². The number of amides is 1. The maximum absolute atomic E-state index is 11.5. The summed E-state index contributed by atoms with van der Waals surface area (Å²) in [6.07, 6.45) is 1.09. The van der Waals surface area contributed by atoms with Crippen molar-refractivity contribution in [3.05, 3.63) is 54.1 Å². The van der Waals surface area contributed by atoms with Crippen LogP contribution in [-0.2, 0) is 4.79 Å². The number of nitrogens with one attached hydrogen (secondary N) is 1. The number of allylic oxidation sites excluding steroid dienone is 1. The average Bonchev–Trinajstić information content (AvgIpc) is 2.43. The first-order valence-corrected chi connectivity index (χ1v) is 5.53. The topological polar surface area (TPSA) is 92.7 Å². The van der Waals surface area contributed by atoms with E-state index in [2.05, 4.69) is 13.2 Å². The zero-order valence-electron chi connectivity index (χ0n) is 10.8. The van der Waals surface area contributed by atoms with Crippen LogP contribution in [0.3, 0.4) is 0 Å². The summed E-state index contributed by atoms with van der Waals surface area (Å²) in [5.41, 5.74) is 2.24. The van der Waals surface area contributed by atoms with E-state index in [4.69, 9.17) is 9.94 Å². The number of hydrogen-bond donors (Lipinski definition) is 2. The highest BCUT2D eigenvalue weighted by Crippen LogP contribution is 2.20. The maximum Gasteiger partial charge on any atom is 0.339 e. The molecule has 0 unspecified atom stereocenters. The van der Waals surface area contributed by atoms with Crippen molar-refractivity contribution in [1.29, 1.82) is 0 Å². The fourth-order valence-corrected chi connectivity index (χ4v) is 1.24. The molecule has 0 fully saturated rings. The molecule has 104 valence electrons. The van der Waals surface area contributed by atoms with E-state index in [1.807, 2.05) is 5.48 Å². The first-order valence-electron chi connectivity index (χ1n) is 5.53. The minimum absolute atomic E-state index is 0.153. The van der Waals surface area contributed by atoms with Crippen LogP contribution >= 0.6 is 0 Å². The first kappa shape index (κ1) is 15.2. The lowest BCUT2D eigenvalue weighted by Crippen LogP contribution is -2.28. The van der Waals surface area contributed by atoms with Gasteiger partial charge in [-0.2, -0.15) is 5.48 Å². The van der Waals surface area contributed by atoms with Gasteiger partial charge in [0.2, 0.25) is 0 Å². The number of ketones is 1. The Hall–Kier alpha value is -2.89. The van der Waals surface area contributed by atoms with E-state index in [0.29, 0.717) is 0 Å². The molecule has 6 nitrogen and oxygen atoms in total. The second-order valence-corrected chi connectivity index (χ2v) is 3.90. The number of aromatic carboxylic acids is 1. The standard InChI is InChI=1S/C14H13NO5/c1-4-11(16)9-5-6-10(14(18)19)12(7-9)20-15-13(17)8(2)3/h4-7H,1-2H2,3H3,(H,15,17)(H,18,19). The highest BCUT2D eigenvalue weighted by Gasteiger charge is 2.15. The largest absolute Gasteiger partial charge is 0.478 e. The van der Waals surface area contributed by atoms with E-state index < -0.39 is 17.7 Å². The molecule has 1 aromatic rings. The van der Waals surface area contributed by atoms with Crippen LogP contribution < -0.4 is 10.3 Å². The van der Waals surface area contributed by atoms with Crippen LogP contribution in [0.25, 0.3) is 0 Å². The molecule has 1 rings (SSSR count). The Morgan fingerprint density at radius 3 is 2.50 bits per heavy atom. The Labute approximate surface area is 115 Å². The Balaban J connectivity index is 3.09. The van der Waals surface area contributed by atoms with Gasteiger partial charge < -0.3 is 9.94 Å². The van der Waals surface area contributed by atoms with Gasteiger partial charge in [0.25, 0.3) is 5.91 Å². The van der Waals surface area contributed by atoms with Gasteiger partial charge in [-0.15, -0.1) is 0 Å². The van der Waals surface area contributed by atoms with Gasteiger partial charge in [0, 0.05) is 11.1 Å². The number of hydroxylamine groups is 1. The van der Waals surface area contributed by atoms with Crippen molar-refractivity contribution in [2.75, 3.05) is 0 Å². The van der Waals surface area contributed by atoms with Gasteiger partial charge in [0.1, 0.15) is 5.56 Å². The molecule has 0 aliphatic carbocycles. The summed E-state index contributed by atoms with van der Waals surface area (Å²) in [5.74, 6) is -2.39. The van der Waals surface area contributed by atoms with Crippen molar-refractivity contribution >= 4 is 17.7 Å². The fraction of sp³-hybridized carbons (Fsp3) is 0.0714. The maximum atomic E-state index is 11.5. The summed E-state index contributed by atoms with van der Waals surface area (Å²) in [5, 5.41) is 9.01. The van der Waals surface area contributed by atoms with E-state index in [0.717, 1.165) is 6.08 Å². The van der Waals surface area contributed by atoms with Crippen molar-refractivity contribution in [3.8, 4) is 5.75 Å². The van der Waals surface area contributed by atoms with Crippen molar-refractivity contribution in [1.82, 2.24) is 5.48 Å². The van der Waals surface area contributed by atoms with E-state index in [1.165, 1.54) is 25.1 Å². The molecule has 20 heavy (non-hydrogen) atoms. The molecule has 0 aliphatic rings. The van der Waals surface area contributed by atoms with Crippen molar-refractivity contribution in [3.63, 3.8) is 0 Å². The Bertz CT molecular complexity index is 604. The van der Waals surface area contributed by atoms with Gasteiger partial charge in [-0.3, -0.25) is 9.59 Å². The average molecular weight is 275 g/mol. The lowest BCUT2D eigenvalue weighted by atomic mass is 10.1. The van der Waals surface area contributed by atoms with Crippen molar-refractivity contribution in [2.24, 2.45) is 0 Å². The number of benzene rings is 1. The molecule has 0 aromatic heterocycles. The molecule has 0 heterocycles. The summed E-state index contributed by atoms with van der Waals surface area (Å²) in [7, 11) is 0. The predicted molar refractivity (Wildman–Crippen MR) is 71.5 cm³/mol. The predicted octanol–water partition coefficient (Wildman–Crippen LogP) is 1.74. The first-order chi connectivity index (χ1) is 9.36. The van der Waals surface area contributed by atoms with Crippen LogP contribution in [0.15, 0.2) is 43.0 Å². The van der Waals surface area contributed by atoms with Gasteiger partial charge >= 0.3 is 5.97 Å². The zero-order valence-corrected chi connectivity index (χ0v) is 10.8. The molecular weight excluding hydrogens is 262 g/mol. The van der Waals surface area contributed by atoms with Gasteiger partial charge in [-0.25, -0.2) is 4.79 Å². The SMILES string of the molecule is C=CC(=O)c1ccc(C(=O)O)c(ONC(=O)C(=C)C)c1. The molecule has 0 saturated heterocycles. The summed E-state index contributed by atoms with van der Waals surface area (Å²) in [4.78, 5) is 38.7. The van der Waals surface area contributed by atoms with E-state index in [9.17, 15) is 14.4 Å². The molecule has 0 saturated carbocycles. The molecule has 0 bridgehead atoms. The summed E-state index contributed by atoms with van der Waals surface area (Å²) in [6.45, 7) is 8.21. The Morgan fingerprint density at radius 1 is 1.35 bits per heavy atom. The Kier molecular flexibility index (Phi) is 4.80. The molecule has 6 heteroatoms. The number of carbonyl (C=O) groups is 3. The van der Waals surface area contributed by atoms with E-state index >= 15 is 0 Å². The number of rotatable bonds is 6. The molecule has 2 N–H and O–H groups in total. The second kappa shape index (κ2) is 6.33. The van der Waals surface area contributed by atoms with Crippen LogP contribution in [0.5, 0.6) is 5.75 Å². The van der Waals surface area contributed by atoms with Crippen LogP contribution in [-0.4, -0.2) is 22.8 Å². The van der Waals surface area contributed by atoms with Crippen molar-refractivity contribution < 1.29 is 24.3 Å². The lowest BCUT2D eigenvalue weighted by molar-refractivity contribution is -0.123. The molecule has 1 amide bonds. The van der Waals surface area contributed by atoms with Gasteiger partial charge in [-0.05, 0) is 31.2 Å². The highest BCUT2D eigenvalue weighted by atomic mass is 16.7. The van der Waals surface area contributed by atoms with Crippen molar-refractivity contribution in [2.45, 2.75) is 6.92 Å². The molecule has 0 aliphatic heterocycles. The lowest BCUT2D eigenvalue weighted by Gasteiger charge is -2.10. The van der Waals surface area contributed by atoms with Crippen LogP contribution in [0, 0.1) is 0 Å². The molecule has 1 aromatic carbocycles. The summed E-state index contributed by atoms with van der Waals surface area (Å²) < 4.78 is 0. The monoisotopic (exact) mass is 275 g/mol. The molecule has 0 spiro atoms. The number of carboxylic acids is 1. The van der Waals surface area contributed by atoms with E-state index in [1.54, 1.807) is 0 Å². The summed E-state index contributed by atoms with van der Waals surface area (Å²) >= 11 is 0. The smallest absolute Gasteiger partial charge is 0.339 e. The van der Waals surface area contributed by atoms with Gasteiger partial charge in [-0.1, -0.05) is 13.2 Å². The number of carbonyl (C=O) groups excluding carboxylic acids is 2. The third-order valence-corrected chi connectivity index (χ3v) is 2.32. The fourth-order valence-electron chi connectivity index (χ4n) is 1.24. The quantitative estimate of drug-likeness (QED) is 0.468. The molecule has 0 atom stereocenters. The zero-order chi connectivity index (χ0) is 15.3. The minimum Gasteiger partial charge on any atom is -0.478 e. The van der Waals surface area contributed by atoms with Crippen LogP contribution in [0.4, 0.5) is 0 Å². The second-order valence-electron chi connectivity index (χ2n) is 3.90. The normalized spacial score (nSPS) is 9.45. The minimum atomic E-state index is -1.25. The third kappa shape index (κ3) is 3.55. The van der Waals surface area contributed by atoms with Crippen LogP contribution in [0.1, 0.15) is 27.6 Å². The van der Waals surface area contributed by atoms with Gasteiger partial charge in [0.15, 0.2) is 11.5 Å². The summed E-state index contributed by atoms with van der Waals surface area (Å²) in [6, 6.07) is 3.76. The highest BCUT2D eigenvalue weighted by molar-refractivity contribution is 6.05. The molecule has 0 radical (unpaired) electrons. The van der Waals surface area contributed by atoms with Gasteiger partial charge in [0.05, 0.1) is 0 Å². The van der Waals surface area contributed by atoms with Crippen LogP contribution in [0.2, 0.25) is 0 Å².